The third kappa shape index (κ3) is 3.94. The molecule has 0 unspecified atom stereocenters. The monoisotopic (exact) mass is 303 g/mol. The van der Waals surface area contributed by atoms with E-state index in [1.54, 1.807) is 0 Å². The molecule has 0 aromatic carbocycles. The number of ether oxygens (including phenoxy) is 1. The fraction of sp³-hybridized carbons (Fsp3) is 0.583. The quantitative estimate of drug-likeness (QED) is 0.782. The number of rotatable bonds is 2. The molecule has 2 rings (SSSR count). The molecule has 0 atom stereocenters. The zero-order chi connectivity index (χ0) is 14.2. The van der Waals surface area contributed by atoms with Crippen molar-refractivity contribution in [2.24, 2.45) is 0 Å². The molecule has 0 N–H and O–H groups in total. The molecule has 1 aliphatic carbocycles. The van der Waals surface area contributed by atoms with Gasteiger partial charge < -0.3 is 4.74 Å². The van der Waals surface area contributed by atoms with Gasteiger partial charge in [0.2, 0.25) is 5.95 Å². The number of anilines is 1. The molecular weight excluding hydrogens is 289 g/mol. The Morgan fingerprint density at radius 1 is 1.32 bits per heavy atom. The Hall–Kier alpha value is -1.07. The molecule has 19 heavy (non-hydrogen) atoms. The molecule has 0 bridgehead atoms. The van der Waals surface area contributed by atoms with Gasteiger partial charge in [-0.3, -0.25) is 0 Å². The minimum absolute atomic E-state index is 0.0596. The van der Waals surface area contributed by atoms with Gasteiger partial charge in [0.15, 0.2) is 0 Å². The van der Waals surface area contributed by atoms with Crippen molar-refractivity contribution in [1.82, 2.24) is 9.97 Å². The molecule has 1 aromatic rings. The van der Waals surface area contributed by atoms with Gasteiger partial charge in [-0.05, 0) is 33.6 Å². The summed E-state index contributed by atoms with van der Waals surface area (Å²) in [4.78, 5) is 21.7. The number of hydrogen-bond acceptors (Lipinski definition) is 4. The third-order valence-corrected chi connectivity index (χ3v) is 2.76. The molecule has 1 saturated carbocycles. The van der Waals surface area contributed by atoms with Crippen LogP contribution in [-0.2, 0) is 4.74 Å². The SMILES string of the molecule is CC(C)(C)OC(=O)N(c1nc(Cl)cc(Cl)n1)C1CC1. The molecule has 5 nitrogen and oxygen atoms in total. The van der Waals surface area contributed by atoms with Crippen molar-refractivity contribution in [1.29, 1.82) is 0 Å². The number of nitrogens with zero attached hydrogens (tertiary/aromatic N) is 3. The van der Waals surface area contributed by atoms with Gasteiger partial charge in [0.25, 0.3) is 0 Å². The van der Waals surface area contributed by atoms with Gasteiger partial charge >= 0.3 is 6.09 Å². The highest BCUT2D eigenvalue weighted by molar-refractivity contribution is 6.33. The van der Waals surface area contributed by atoms with E-state index in [4.69, 9.17) is 27.9 Å². The van der Waals surface area contributed by atoms with Gasteiger partial charge in [0.05, 0.1) is 0 Å². The minimum atomic E-state index is -0.577. The normalized spacial score (nSPS) is 15.2. The van der Waals surface area contributed by atoms with E-state index in [2.05, 4.69) is 9.97 Å². The van der Waals surface area contributed by atoms with E-state index in [0.717, 1.165) is 12.8 Å². The van der Waals surface area contributed by atoms with Gasteiger partial charge in [-0.1, -0.05) is 23.2 Å². The molecule has 0 aliphatic heterocycles. The largest absolute Gasteiger partial charge is 0.443 e. The van der Waals surface area contributed by atoms with Crippen molar-refractivity contribution in [3.63, 3.8) is 0 Å². The predicted molar refractivity (Wildman–Crippen MR) is 73.8 cm³/mol. The standard InChI is InChI=1S/C12H15Cl2N3O2/c1-12(2,3)19-11(18)17(7-4-5-7)10-15-8(13)6-9(14)16-10/h6-7H,4-5H2,1-3H3. The summed E-state index contributed by atoms with van der Waals surface area (Å²) in [6.45, 7) is 5.42. The second-order valence-corrected chi connectivity index (χ2v) is 6.17. The minimum Gasteiger partial charge on any atom is -0.443 e. The van der Waals surface area contributed by atoms with E-state index < -0.39 is 11.7 Å². The van der Waals surface area contributed by atoms with E-state index in [9.17, 15) is 4.79 Å². The Morgan fingerprint density at radius 3 is 2.26 bits per heavy atom. The highest BCUT2D eigenvalue weighted by Gasteiger charge is 2.38. The van der Waals surface area contributed by atoms with Crippen molar-refractivity contribution in [2.45, 2.75) is 45.3 Å². The van der Waals surface area contributed by atoms with Crippen molar-refractivity contribution in [3.05, 3.63) is 16.4 Å². The second-order valence-electron chi connectivity index (χ2n) is 5.39. The van der Waals surface area contributed by atoms with Crippen LogP contribution in [0.1, 0.15) is 33.6 Å². The first-order valence-electron chi connectivity index (χ1n) is 5.98. The Labute approximate surface area is 121 Å². The molecule has 1 aromatic heterocycles. The first kappa shape index (κ1) is 14.3. The average molecular weight is 304 g/mol. The fourth-order valence-corrected chi connectivity index (χ4v) is 1.94. The number of carbonyl (C=O) groups is 1. The molecule has 0 spiro atoms. The Balaban J connectivity index is 2.27. The van der Waals surface area contributed by atoms with Crippen molar-refractivity contribution >= 4 is 35.2 Å². The lowest BCUT2D eigenvalue weighted by Gasteiger charge is -2.26. The maximum atomic E-state index is 12.2. The molecular formula is C12H15Cl2N3O2. The van der Waals surface area contributed by atoms with Gasteiger partial charge in [0, 0.05) is 12.1 Å². The summed E-state index contributed by atoms with van der Waals surface area (Å²) in [5.41, 5.74) is -0.577. The lowest BCUT2D eigenvalue weighted by atomic mass is 10.2. The summed E-state index contributed by atoms with van der Waals surface area (Å²) < 4.78 is 5.36. The van der Waals surface area contributed by atoms with Crippen LogP contribution in [0, 0.1) is 0 Å². The smallest absolute Gasteiger partial charge is 0.417 e. The lowest BCUT2D eigenvalue weighted by Crippen LogP contribution is -2.39. The van der Waals surface area contributed by atoms with Crippen molar-refractivity contribution < 1.29 is 9.53 Å². The highest BCUT2D eigenvalue weighted by Crippen LogP contribution is 2.32. The van der Waals surface area contributed by atoms with E-state index in [-0.39, 0.29) is 22.3 Å². The zero-order valence-electron chi connectivity index (χ0n) is 11.0. The van der Waals surface area contributed by atoms with Crippen molar-refractivity contribution in [2.75, 3.05) is 4.90 Å². The first-order chi connectivity index (χ1) is 8.76. The van der Waals surface area contributed by atoms with Crippen LogP contribution in [0.15, 0.2) is 6.07 Å². The van der Waals surface area contributed by atoms with Crippen LogP contribution in [-0.4, -0.2) is 27.7 Å². The summed E-state index contributed by atoms with van der Waals surface area (Å²) in [5.74, 6) is 0.189. The van der Waals surface area contributed by atoms with Crippen LogP contribution >= 0.6 is 23.2 Å². The van der Waals surface area contributed by atoms with E-state index in [1.165, 1.54) is 11.0 Å². The maximum Gasteiger partial charge on any atom is 0.417 e. The van der Waals surface area contributed by atoms with Crippen LogP contribution in [0.5, 0.6) is 0 Å². The van der Waals surface area contributed by atoms with Gasteiger partial charge in [-0.25, -0.2) is 19.7 Å². The summed E-state index contributed by atoms with van der Waals surface area (Å²) in [6, 6.07) is 1.48. The predicted octanol–water partition coefficient (Wildman–Crippen LogP) is 3.69. The summed E-state index contributed by atoms with van der Waals surface area (Å²) in [6.07, 6.45) is 1.31. The van der Waals surface area contributed by atoms with Gasteiger partial charge in [0.1, 0.15) is 15.9 Å². The van der Waals surface area contributed by atoms with E-state index in [1.807, 2.05) is 20.8 Å². The molecule has 7 heteroatoms. The molecule has 0 radical (unpaired) electrons. The summed E-state index contributed by atoms with van der Waals surface area (Å²) in [5, 5.41) is 0.397. The van der Waals surface area contributed by atoms with Crippen LogP contribution in [0.3, 0.4) is 0 Å². The Bertz CT molecular complexity index is 478. The summed E-state index contributed by atoms with van der Waals surface area (Å²) in [7, 11) is 0. The lowest BCUT2D eigenvalue weighted by molar-refractivity contribution is 0.0575. The van der Waals surface area contributed by atoms with E-state index >= 15 is 0 Å². The molecule has 1 heterocycles. The number of hydrogen-bond donors (Lipinski definition) is 0. The average Bonchev–Trinajstić information content (AvgIpc) is 2.97. The number of amides is 1. The topological polar surface area (TPSA) is 55.3 Å². The van der Waals surface area contributed by atoms with Crippen molar-refractivity contribution in [3.8, 4) is 0 Å². The van der Waals surface area contributed by atoms with Crippen LogP contribution in [0.4, 0.5) is 10.7 Å². The molecule has 104 valence electrons. The third-order valence-electron chi connectivity index (χ3n) is 2.37. The number of halogens is 2. The Morgan fingerprint density at radius 2 is 1.84 bits per heavy atom. The maximum absolute atomic E-state index is 12.2. The molecule has 1 fully saturated rings. The van der Waals surface area contributed by atoms with Gasteiger partial charge in [-0.15, -0.1) is 0 Å². The molecule has 1 amide bonds. The van der Waals surface area contributed by atoms with E-state index in [0.29, 0.717) is 0 Å². The number of carbonyl (C=O) groups excluding carboxylic acids is 1. The zero-order valence-corrected chi connectivity index (χ0v) is 12.5. The molecule has 1 aliphatic rings. The van der Waals surface area contributed by atoms with Crippen LogP contribution in [0.2, 0.25) is 10.3 Å². The number of aromatic nitrogens is 2. The van der Waals surface area contributed by atoms with Crippen LogP contribution < -0.4 is 4.90 Å². The summed E-state index contributed by atoms with van der Waals surface area (Å²) >= 11 is 11.7. The Kier molecular flexibility index (Phi) is 3.87. The molecule has 0 saturated heterocycles. The highest BCUT2D eigenvalue weighted by atomic mass is 35.5. The second kappa shape index (κ2) is 5.13. The van der Waals surface area contributed by atoms with Crippen LogP contribution in [0.25, 0.3) is 0 Å². The first-order valence-corrected chi connectivity index (χ1v) is 6.74. The fourth-order valence-electron chi connectivity index (χ4n) is 1.52. The van der Waals surface area contributed by atoms with Gasteiger partial charge in [-0.2, -0.15) is 0 Å².